The van der Waals surface area contributed by atoms with Crippen molar-refractivity contribution in [2.24, 2.45) is 0 Å². The smallest absolute Gasteiger partial charge is 0.0998 e. The van der Waals surface area contributed by atoms with Crippen LogP contribution < -0.4 is 4.90 Å². The molecule has 0 aliphatic carbocycles. The van der Waals surface area contributed by atoms with Crippen molar-refractivity contribution in [1.29, 1.82) is 5.26 Å². The number of allylic oxidation sites excluding steroid dienone is 1. The number of benzene rings is 2. The van der Waals surface area contributed by atoms with Gasteiger partial charge < -0.3 is 4.90 Å². The molecule has 0 amide bonds. The number of rotatable bonds is 3. The van der Waals surface area contributed by atoms with Crippen molar-refractivity contribution >= 4 is 33.3 Å². The molecule has 27 heavy (non-hydrogen) atoms. The third kappa shape index (κ3) is 3.82. The summed E-state index contributed by atoms with van der Waals surface area (Å²) in [5.41, 5.74) is 6.87. The lowest BCUT2D eigenvalue weighted by atomic mass is 9.79. The van der Waals surface area contributed by atoms with Crippen molar-refractivity contribution in [3.63, 3.8) is 0 Å². The number of nitrogens with zero attached hydrogens (tertiary/aromatic N) is 2. The van der Waals surface area contributed by atoms with Gasteiger partial charge in [0.2, 0.25) is 0 Å². The summed E-state index contributed by atoms with van der Waals surface area (Å²) < 4.78 is 0.984. The molecular weight excluding hydrogens is 396 g/mol. The van der Waals surface area contributed by atoms with E-state index in [4.69, 9.17) is 0 Å². The van der Waals surface area contributed by atoms with E-state index in [1.807, 2.05) is 30.3 Å². The van der Waals surface area contributed by atoms with Crippen LogP contribution in [0.3, 0.4) is 0 Å². The van der Waals surface area contributed by atoms with Crippen LogP contribution in [-0.4, -0.2) is 12.1 Å². The minimum absolute atomic E-state index is 0.166. The van der Waals surface area contributed by atoms with Gasteiger partial charge in [-0.1, -0.05) is 35.0 Å². The number of hydrogen-bond donors (Lipinski definition) is 0. The van der Waals surface area contributed by atoms with E-state index in [0.717, 1.165) is 28.6 Å². The zero-order valence-corrected chi connectivity index (χ0v) is 18.4. The molecule has 2 nitrogen and oxygen atoms in total. The molecule has 0 bridgehead atoms. The first-order chi connectivity index (χ1) is 12.8. The average Bonchev–Trinajstić information content (AvgIpc) is 2.60. The monoisotopic (exact) mass is 422 g/mol. The molecular formula is C24H27BrN2. The van der Waals surface area contributed by atoms with Crippen molar-refractivity contribution in [1.82, 2.24) is 0 Å². The van der Waals surface area contributed by atoms with Gasteiger partial charge in [-0.05, 0) is 92.6 Å². The van der Waals surface area contributed by atoms with Crippen LogP contribution in [0.15, 0.2) is 40.9 Å². The van der Waals surface area contributed by atoms with Crippen molar-refractivity contribution in [3.05, 3.63) is 63.1 Å². The molecule has 2 aromatic rings. The first kappa shape index (κ1) is 19.7. The number of halogens is 1. The second-order valence-electron chi connectivity index (χ2n) is 8.11. The normalized spacial score (nSPS) is 18.8. The summed E-state index contributed by atoms with van der Waals surface area (Å²) in [5, 5.41) is 9.72. The van der Waals surface area contributed by atoms with Crippen LogP contribution in [0.25, 0.3) is 11.6 Å². The van der Waals surface area contributed by atoms with Crippen LogP contribution in [0.2, 0.25) is 0 Å². The Morgan fingerprint density at radius 1 is 1.33 bits per heavy atom. The molecule has 1 aliphatic heterocycles. The zero-order chi connectivity index (χ0) is 19.8. The van der Waals surface area contributed by atoms with Crippen molar-refractivity contribution < 1.29 is 0 Å². The molecule has 1 aliphatic rings. The third-order valence-corrected chi connectivity index (χ3v) is 6.14. The van der Waals surface area contributed by atoms with Crippen LogP contribution in [0.5, 0.6) is 0 Å². The first-order valence-corrected chi connectivity index (χ1v) is 10.4. The van der Waals surface area contributed by atoms with Gasteiger partial charge in [0.25, 0.3) is 0 Å². The maximum Gasteiger partial charge on any atom is 0.0998 e. The van der Waals surface area contributed by atoms with Crippen LogP contribution >= 0.6 is 15.9 Å². The second-order valence-corrected chi connectivity index (χ2v) is 9.03. The molecule has 0 spiro atoms. The molecule has 1 unspecified atom stereocenters. The zero-order valence-electron chi connectivity index (χ0n) is 16.8. The van der Waals surface area contributed by atoms with E-state index in [0.29, 0.717) is 11.5 Å². The van der Waals surface area contributed by atoms with Crippen LogP contribution in [0.4, 0.5) is 5.69 Å². The number of nitriles is 1. The lowest BCUT2D eigenvalue weighted by molar-refractivity contribution is 0.381. The highest BCUT2D eigenvalue weighted by molar-refractivity contribution is 9.10. The average molecular weight is 423 g/mol. The molecule has 1 atom stereocenters. The van der Waals surface area contributed by atoms with Crippen molar-refractivity contribution in [2.75, 3.05) is 11.4 Å². The summed E-state index contributed by atoms with van der Waals surface area (Å²) in [5.74, 6) is 0.502. The van der Waals surface area contributed by atoms with Gasteiger partial charge in [-0.15, -0.1) is 0 Å². The summed E-state index contributed by atoms with van der Waals surface area (Å²) in [6.45, 7) is 12.4. The van der Waals surface area contributed by atoms with Gasteiger partial charge in [-0.25, -0.2) is 0 Å². The molecule has 0 N–H and O–H groups in total. The molecule has 140 valence electrons. The number of anilines is 1. The lowest BCUT2D eigenvalue weighted by Crippen LogP contribution is -2.48. The quantitative estimate of drug-likeness (QED) is 0.395. The van der Waals surface area contributed by atoms with Gasteiger partial charge in [-0.3, -0.25) is 0 Å². The Balaban J connectivity index is 2.11. The molecule has 0 aromatic heterocycles. The second kappa shape index (κ2) is 7.52. The fourth-order valence-corrected chi connectivity index (χ4v) is 4.80. The van der Waals surface area contributed by atoms with E-state index in [9.17, 15) is 5.26 Å². The number of hydrogen-bond acceptors (Lipinski definition) is 2. The molecule has 3 rings (SSSR count). The molecule has 0 saturated heterocycles. The Bertz CT molecular complexity index is 934. The Morgan fingerprint density at radius 2 is 2.07 bits per heavy atom. The Hall–Kier alpha value is -2.05. The maximum atomic E-state index is 9.72. The van der Waals surface area contributed by atoms with Gasteiger partial charge >= 0.3 is 0 Å². The summed E-state index contributed by atoms with van der Waals surface area (Å²) in [6, 6.07) is 14.9. The molecule has 1 heterocycles. The number of aryl methyl sites for hydroxylation is 1. The summed E-state index contributed by atoms with van der Waals surface area (Å²) in [7, 11) is 0. The predicted octanol–water partition coefficient (Wildman–Crippen LogP) is 6.93. The van der Waals surface area contributed by atoms with Crippen LogP contribution in [0, 0.1) is 18.3 Å². The largest absolute Gasteiger partial charge is 0.366 e. The SMILES string of the molecule is CCN1c2cc(C)c(/C=C(\C#N)c3cccc(Br)c3)cc2C(C)CC1(C)C. The van der Waals surface area contributed by atoms with E-state index < -0.39 is 0 Å². The van der Waals surface area contributed by atoms with Gasteiger partial charge in [0, 0.05) is 22.2 Å². The van der Waals surface area contributed by atoms with Gasteiger partial charge in [0.15, 0.2) is 0 Å². The summed E-state index contributed by atoms with van der Waals surface area (Å²) in [4.78, 5) is 2.52. The number of fused-ring (bicyclic) bond motifs is 1. The van der Waals surface area contributed by atoms with E-state index in [1.165, 1.54) is 16.8 Å². The standard InChI is InChI=1S/C24H27BrN2/c1-6-27-23-10-16(2)19(13-22(23)17(3)14-24(27,4)5)11-20(15-26)18-8-7-9-21(25)12-18/h7-13,17H,6,14H2,1-5H3/b20-11+. The minimum atomic E-state index is 0.166. The third-order valence-electron chi connectivity index (χ3n) is 5.65. The molecule has 0 saturated carbocycles. The van der Waals surface area contributed by atoms with Crippen LogP contribution in [0.1, 0.15) is 62.3 Å². The van der Waals surface area contributed by atoms with E-state index in [1.54, 1.807) is 0 Å². The molecule has 0 radical (unpaired) electrons. The lowest BCUT2D eigenvalue weighted by Gasteiger charge is -2.47. The van der Waals surface area contributed by atoms with Gasteiger partial charge in [-0.2, -0.15) is 5.26 Å². The highest BCUT2D eigenvalue weighted by Crippen LogP contribution is 2.44. The van der Waals surface area contributed by atoms with E-state index >= 15 is 0 Å². The maximum absolute atomic E-state index is 9.72. The highest BCUT2D eigenvalue weighted by Gasteiger charge is 2.35. The fraction of sp³-hybridized carbons (Fsp3) is 0.375. The molecule has 2 aromatic carbocycles. The first-order valence-electron chi connectivity index (χ1n) is 9.56. The predicted molar refractivity (Wildman–Crippen MR) is 119 cm³/mol. The van der Waals surface area contributed by atoms with E-state index in [-0.39, 0.29) is 5.54 Å². The highest BCUT2D eigenvalue weighted by atomic mass is 79.9. The van der Waals surface area contributed by atoms with Gasteiger partial charge in [0.05, 0.1) is 11.6 Å². The summed E-state index contributed by atoms with van der Waals surface area (Å²) >= 11 is 3.50. The Morgan fingerprint density at radius 3 is 2.70 bits per heavy atom. The summed E-state index contributed by atoms with van der Waals surface area (Å²) in [6.07, 6.45) is 3.16. The van der Waals surface area contributed by atoms with Crippen molar-refractivity contribution in [2.45, 2.75) is 52.5 Å². The minimum Gasteiger partial charge on any atom is -0.366 e. The fourth-order valence-electron chi connectivity index (χ4n) is 4.40. The van der Waals surface area contributed by atoms with E-state index in [2.05, 4.69) is 73.7 Å². The molecule has 3 heteroatoms. The topological polar surface area (TPSA) is 27.0 Å². The van der Waals surface area contributed by atoms with Crippen molar-refractivity contribution in [3.8, 4) is 6.07 Å². The Kier molecular flexibility index (Phi) is 5.49. The van der Waals surface area contributed by atoms with Gasteiger partial charge in [0.1, 0.15) is 0 Å². The van der Waals surface area contributed by atoms with Crippen LogP contribution in [-0.2, 0) is 0 Å². The Labute approximate surface area is 171 Å². The molecule has 0 fully saturated rings.